The van der Waals surface area contributed by atoms with E-state index in [0.717, 1.165) is 0 Å². The molecular formula is C24H34N5O6PSi. The summed E-state index contributed by atoms with van der Waals surface area (Å²) in [5.41, 5.74) is 1.30. The van der Waals surface area contributed by atoms with E-state index in [4.69, 9.17) is 13.7 Å². The fourth-order valence-electron chi connectivity index (χ4n) is 4.06. The zero-order valence-electron chi connectivity index (χ0n) is 21.8. The Morgan fingerprint density at radius 3 is 2.51 bits per heavy atom. The summed E-state index contributed by atoms with van der Waals surface area (Å²) in [6.45, 7) is 12.5. The van der Waals surface area contributed by atoms with E-state index in [0.29, 0.717) is 23.1 Å². The van der Waals surface area contributed by atoms with Crippen molar-refractivity contribution in [1.82, 2.24) is 19.5 Å². The van der Waals surface area contributed by atoms with E-state index in [1.54, 1.807) is 35.2 Å². The molecule has 3 aromatic rings. The Balaban J connectivity index is 1.72. The molecule has 5 atom stereocenters. The van der Waals surface area contributed by atoms with Gasteiger partial charge in [0, 0.05) is 5.56 Å². The van der Waals surface area contributed by atoms with Crippen LogP contribution < -0.4 is 5.32 Å². The monoisotopic (exact) mass is 547 g/mol. The zero-order chi connectivity index (χ0) is 27.0. The number of anilines is 1. The molecule has 0 spiro atoms. The lowest BCUT2D eigenvalue weighted by atomic mass is 10.1. The molecule has 5 unspecified atom stereocenters. The van der Waals surface area contributed by atoms with Crippen molar-refractivity contribution in [3.63, 3.8) is 0 Å². The van der Waals surface area contributed by atoms with Crippen LogP contribution in [0.1, 0.15) is 50.7 Å². The average molecular weight is 548 g/mol. The molecule has 11 nitrogen and oxygen atoms in total. The molecule has 0 aliphatic carbocycles. The molecule has 1 aromatic carbocycles. The SMILES string of the molecule is CCC1OC(n2cnc3c(NC(=O)c4ccccc4)ncnc32)C(O[Si](C)(C)C(C)(C)C)C1O[PH](=O)O. The predicted molar refractivity (Wildman–Crippen MR) is 142 cm³/mol. The molecule has 1 saturated heterocycles. The number of imidazole rings is 1. The highest BCUT2D eigenvalue weighted by atomic mass is 31.1. The van der Waals surface area contributed by atoms with E-state index in [9.17, 15) is 14.3 Å². The largest absolute Gasteiger partial charge is 0.407 e. The van der Waals surface area contributed by atoms with Gasteiger partial charge in [-0.05, 0) is 36.7 Å². The normalized spacial score (nSPS) is 23.3. The molecule has 200 valence electrons. The summed E-state index contributed by atoms with van der Waals surface area (Å²) in [6.07, 6.45) is 0.825. The first kappa shape index (κ1) is 27.6. The lowest BCUT2D eigenvalue weighted by Crippen LogP contribution is -2.48. The van der Waals surface area contributed by atoms with Gasteiger partial charge >= 0.3 is 8.25 Å². The number of hydrogen-bond donors (Lipinski definition) is 2. The fraction of sp³-hybridized carbons (Fsp3) is 0.500. The molecule has 0 bridgehead atoms. The summed E-state index contributed by atoms with van der Waals surface area (Å²) < 4.78 is 32.1. The van der Waals surface area contributed by atoms with Crippen molar-refractivity contribution in [2.24, 2.45) is 0 Å². The van der Waals surface area contributed by atoms with Crippen LogP contribution in [0.15, 0.2) is 43.0 Å². The number of fused-ring (bicyclic) bond motifs is 1. The molecule has 0 saturated carbocycles. The third-order valence-corrected chi connectivity index (χ3v) is 12.0. The smallest absolute Gasteiger partial charge is 0.317 e. The van der Waals surface area contributed by atoms with Crippen molar-refractivity contribution >= 4 is 39.5 Å². The zero-order valence-corrected chi connectivity index (χ0v) is 23.8. The molecule has 2 aromatic heterocycles. The van der Waals surface area contributed by atoms with Gasteiger partial charge in [0.2, 0.25) is 0 Å². The molecule has 3 heterocycles. The molecule has 2 N–H and O–H groups in total. The third-order valence-electron chi connectivity index (χ3n) is 7.06. The van der Waals surface area contributed by atoms with Gasteiger partial charge in [0.15, 0.2) is 31.5 Å². The summed E-state index contributed by atoms with van der Waals surface area (Å²) in [4.78, 5) is 35.5. The number of rotatable bonds is 8. The number of carbonyl (C=O) groups is 1. The summed E-state index contributed by atoms with van der Waals surface area (Å²) in [5.74, 6) is -0.0586. The topological polar surface area (TPSA) is 138 Å². The van der Waals surface area contributed by atoms with Crippen LogP contribution in [0.2, 0.25) is 18.1 Å². The summed E-state index contributed by atoms with van der Waals surface area (Å²) in [6, 6.07) is 8.81. The lowest BCUT2D eigenvalue weighted by Gasteiger charge is -2.40. The van der Waals surface area contributed by atoms with Crippen LogP contribution in [0.4, 0.5) is 5.82 Å². The Kier molecular flexibility index (Phi) is 7.98. The minimum atomic E-state index is -3.25. The number of hydrogen-bond acceptors (Lipinski definition) is 8. The molecular weight excluding hydrogens is 513 g/mol. The van der Waals surface area contributed by atoms with E-state index in [1.807, 2.05) is 13.0 Å². The highest BCUT2D eigenvalue weighted by Gasteiger charge is 2.52. The van der Waals surface area contributed by atoms with Crippen LogP contribution in [-0.4, -0.2) is 56.9 Å². The van der Waals surface area contributed by atoms with E-state index in [1.165, 1.54) is 6.33 Å². The number of ether oxygens (including phenoxy) is 1. The van der Waals surface area contributed by atoms with Crippen LogP contribution in [0.3, 0.4) is 0 Å². The lowest BCUT2D eigenvalue weighted by molar-refractivity contribution is -0.0324. The van der Waals surface area contributed by atoms with Crippen molar-refractivity contribution in [2.75, 3.05) is 5.32 Å². The van der Waals surface area contributed by atoms with Crippen LogP contribution in [0.5, 0.6) is 0 Å². The number of aromatic nitrogens is 4. The van der Waals surface area contributed by atoms with Crippen LogP contribution in [0, 0.1) is 0 Å². The van der Waals surface area contributed by atoms with Gasteiger partial charge in [-0.25, -0.2) is 15.0 Å². The molecule has 4 rings (SSSR count). The first-order chi connectivity index (χ1) is 17.4. The Morgan fingerprint density at radius 2 is 1.89 bits per heavy atom. The number of carbonyl (C=O) groups excluding carboxylic acids is 1. The van der Waals surface area contributed by atoms with Gasteiger partial charge in [-0.2, -0.15) is 0 Å². The van der Waals surface area contributed by atoms with Crippen LogP contribution in [-0.2, 0) is 18.3 Å². The number of amides is 1. The fourth-order valence-corrected chi connectivity index (χ4v) is 5.86. The van der Waals surface area contributed by atoms with E-state index in [2.05, 4.69) is 54.1 Å². The number of benzene rings is 1. The second kappa shape index (κ2) is 10.7. The molecule has 1 amide bonds. The van der Waals surface area contributed by atoms with Crippen molar-refractivity contribution in [3.8, 4) is 0 Å². The Bertz CT molecular complexity index is 1280. The van der Waals surface area contributed by atoms with Gasteiger partial charge in [0.25, 0.3) is 5.91 Å². The molecule has 0 radical (unpaired) electrons. The van der Waals surface area contributed by atoms with E-state index >= 15 is 0 Å². The first-order valence-electron chi connectivity index (χ1n) is 12.2. The summed E-state index contributed by atoms with van der Waals surface area (Å²) in [5, 5.41) is 2.68. The van der Waals surface area contributed by atoms with Gasteiger partial charge in [-0.1, -0.05) is 45.9 Å². The van der Waals surface area contributed by atoms with Crippen molar-refractivity contribution in [3.05, 3.63) is 48.5 Å². The Hall–Kier alpha value is -2.47. The molecule has 1 aliphatic heterocycles. The van der Waals surface area contributed by atoms with E-state index in [-0.39, 0.29) is 16.8 Å². The summed E-state index contributed by atoms with van der Waals surface area (Å²) in [7, 11) is -5.61. The van der Waals surface area contributed by atoms with Crippen LogP contribution in [0.25, 0.3) is 11.2 Å². The van der Waals surface area contributed by atoms with Crippen molar-refractivity contribution < 1.29 is 27.9 Å². The minimum absolute atomic E-state index is 0.120. The van der Waals surface area contributed by atoms with Crippen molar-refractivity contribution in [2.45, 2.75) is 76.8 Å². The first-order valence-corrected chi connectivity index (χ1v) is 16.4. The number of nitrogens with one attached hydrogen (secondary N) is 1. The van der Waals surface area contributed by atoms with Gasteiger partial charge in [0.05, 0.1) is 12.4 Å². The Morgan fingerprint density at radius 1 is 1.19 bits per heavy atom. The van der Waals surface area contributed by atoms with Gasteiger partial charge in [0.1, 0.15) is 18.5 Å². The highest BCUT2D eigenvalue weighted by molar-refractivity contribution is 7.32. The maximum absolute atomic E-state index is 12.7. The minimum Gasteiger partial charge on any atom is -0.407 e. The average Bonchev–Trinajstić information content (AvgIpc) is 3.40. The second-order valence-corrected chi connectivity index (χ2v) is 16.1. The van der Waals surface area contributed by atoms with Crippen LogP contribution >= 0.6 is 8.25 Å². The summed E-state index contributed by atoms with van der Waals surface area (Å²) >= 11 is 0. The highest BCUT2D eigenvalue weighted by Crippen LogP contribution is 2.45. The second-order valence-electron chi connectivity index (χ2n) is 10.5. The Labute approximate surface area is 217 Å². The van der Waals surface area contributed by atoms with E-state index < -0.39 is 41.1 Å². The van der Waals surface area contributed by atoms with Crippen molar-refractivity contribution in [1.29, 1.82) is 0 Å². The molecule has 1 fully saturated rings. The quantitative estimate of drug-likeness (QED) is 0.307. The maximum Gasteiger partial charge on any atom is 0.317 e. The molecule has 13 heteroatoms. The molecule has 1 aliphatic rings. The standard InChI is InChI=1S/C24H34N5O6PSi/c1-7-16-18(34-36(31)32)19(35-37(5,6)24(2,3)4)23(33-16)29-14-27-17-20(25-13-26-21(17)29)28-22(30)15-11-9-8-10-12-15/h8-14,16,18-19,23,36H,7H2,1-6H3,(H,31,32)(H,25,26,28,30). The third kappa shape index (κ3) is 5.69. The number of nitrogens with zero attached hydrogens (tertiary/aromatic N) is 4. The van der Waals surface area contributed by atoms with Gasteiger partial charge < -0.3 is 23.9 Å². The van der Waals surface area contributed by atoms with Gasteiger partial charge in [-0.15, -0.1) is 0 Å². The maximum atomic E-state index is 12.7. The predicted octanol–water partition coefficient (Wildman–Crippen LogP) is 4.54. The molecule has 37 heavy (non-hydrogen) atoms. The van der Waals surface area contributed by atoms with Gasteiger partial charge in [-0.3, -0.25) is 13.9 Å².